The normalized spacial score (nSPS) is 25.5. The molecule has 0 bridgehead atoms. The summed E-state index contributed by atoms with van der Waals surface area (Å²) in [5.74, 6) is -0.644. The van der Waals surface area contributed by atoms with Crippen LogP contribution in [0.5, 0.6) is 0 Å². The van der Waals surface area contributed by atoms with Gasteiger partial charge in [0.2, 0.25) is 5.91 Å². The molecule has 1 aromatic rings. The number of carbonyl (C=O) groups excluding carboxylic acids is 2. The molecule has 2 aliphatic heterocycles. The zero-order valence-corrected chi connectivity index (χ0v) is 12.0. The van der Waals surface area contributed by atoms with E-state index in [4.69, 9.17) is 0 Å². The topological polar surface area (TPSA) is 72.9 Å². The Hall–Kier alpha value is -1.99. The number of aliphatic hydroxyl groups excluding tert-OH is 1. The predicted octanol–water partition coefficient (Wildman–Crippen LogP) is 0.485. The molecule has 0 spiro atoms. The number of rotatable bonds is 3. The fourth-order valence-corrected chi connectivity index (χ4v) is 3.08. The second-order valence-corrected chi connectivity index (χ2v) is 5.67. The second kappa shape index (κ2) is 6.02. The maximum atomic E-state index is 13.4. The van der Waals surface area contributed by atoms with Crippen molar-refractivity contribution >= 4 is 11.9 Å². The highest BCUT2D eigenvalue weighted by Gasteiger charge is 2.35. The standard InChI is InChI=1S/C15H18FN3O3/c16-11-3-1-2-10(6-11)13-7-12(20)8-18(13)9-14(21)19-5-4-17-15(19)22/h1-3,6,12-13,20H,4-5,7-9H2,(H,17,22)/t12-,13+/m0/s1. The molecule has 7 heteroatoms. The molecule has 2 heterocycles. The molecule has 2 aliphatic rings. The first-order valence-electron chi connectivity index (χ1n) is 7.30. The molecule has 0 radical (unpaired) electrons. The van der Waals surface area contributed by atoms with Gasteiger partial charge in [-0.25, -0.2) is 9.18 Å². The predicted molar refractivity (Wildman–Crippen MR) is 76.4 cm³/mol. The minimum Gasteiger partial charge on any atom is -0.392 e. The molecule has 0 unspecified atom stereocenters. The van der Waals surface area contributed by atoms with Gasteiger partial charge in [0.1, 0.15) is 5.82 Å². The van der Waals surface area contributed by atoms with Gasteiger partial charge in [0.25, 0.3) is 0 Å². The lowest BCUT2D eigenvalue weighted by Crippen LogP contribution is -2.42. The van der Waals surface area contributed by atoms with Crippen LogP contribution in [0.25, 0.3) is 0 Å². The largest absolute Gasteiger partial charge is 0.392 e. The fourth-order valence-electron chi connectivity index (χ4n) is 3.08. The molecule has 2 saturated heterocycles. The molecule has 2 atom stereocenters. The van der Waals surface area contributed by atoms with Gasteiger partial charge in [-0.1, -0.05) is 12.1 Å². The molecule has 0 saturated carbocycles. The highest BCUT2D eigenvalue weighted by Crippen LogP contribution is 2.32. The third kappa shape index (κ3) is 2.95. The van der Waals surface area contributed by atoms with E-state index in [1.165, 1.54) is 17.0 Å². The Balaban J connectivity index is 1.73. The van der Waals surface area contributed by atoms with Crippen molar-refractivity contribution in [2.45, 2.75) is 18.6 Å². The monoisotopic (exact) mass is 307 g/mol. The lowest BCUT2D eigenvalue weighted by Gasteiger charge is -2.25. The summed E-state index contributed by atoms with van der Waals surface area (Å²) in [7, 11) is 0. The third-order valence-corrected chi connectivity index (χ3v) is 4.11. The van der Waals surface area contributed by atoms with Gasteiger partial charge in [0, 0.05) is 25.7 Å². The molecule has 0 aromatic heterocycles. The quantitative estimate of drug-likeness (QED) is 0.852. The van der Waals surface area contributed by atoms with Crippen LogP contribution >= 0.6 is 0 Å². The molecule has 6 nitrogen and oxygen atoms in total. The highest BCUT2D eigenvalue weighted by atomic mass is 19.1. The van der Waals surface area contributed by atoms with Crippen LogP contribution in [0.2, 0.25) is 0 Å². The van der Waals surface area contributed by atoms with Gasteiger partial charge in [-0.2, -0.15) is 0 Å². The van der Waals surface area contributed by atoms with E-state index in [-0.39, 0.29) is 30.3 Å². The number of carbonyl (C=O) groups is 2. The lowest BCUT2D eigenvalue weighted by atomic mass is 10.0. The number of likely N-dealkylation sites (tertiary alicyclic amines) is 1. The van der Waals surface area contributed by atoms with E-state index in [9.17, 15) is 19.1 Å². The number of nitrogens with one attached hydrogen (secondary N) is 1. The van der Waals surface area contributed by atoms with Crippen LogP contribution in [0.4, 0.5) is 9.18 Å². The molecular formula is C15H18FN3O3. The first-order chi connectivity index (χ1) is 10.5. The van der Waals surface area contributed by atoms with Crippen molar-refractivity contribution in [2.24, 2.45) is 0 Å². The highest BCUT2D eigenvalue weighted by molar-refractivity contribution is 5.96. The first-order valence-corrected chi connectivity index (χ1v) is 7.30. The number of urea groups is 1. The Kier molecular flexibility index (Phi) is 4.08. The second-order valence-electron chi connectivity index (χ2n) is 5.67. The molecule has 0 aliphatic carbocycles. The summed E-state index contributed by atoms with van der Waals surface area (Å²) in [5.41, 5.74) is 0.732. The number of nitrogens with zero attached hydrogens (tertiary/aromatic N) is 2. The van der Waals surface area contributed by atoms with E-state index in [0.717, 1.165) is 5.56 Å². The van der Waals surface area contributed by atoms with Crippen molar-refractivity contribution in [3.63, 3.8) is 0 Å². The first kappa shape index (κ1) is 14.9. The van der Waals surface area contributed by atoms with Crippen LogP contribution in [0.3, 0.4) is 0 Å². The number of halogens is 1. The van der Waals surface area contributed by atoms with Crippen LogP contribution in [0.15, 0.2) is 24.3 Å². The summed E-state index contributed by atoms with van der Waals surface area (Å²) in [4.78, 5) is 26.7. The number of hydrogen-bond donors (Lipinski definition) is 2. The Morgan fingerprint density at radius 3 is 2.95 bits per heavy atom. The van der Waals surface area contributed by atoms with Crippen molar-refractivity contribution in [1.29, 1.82) is 0 Å². The Bertz CT molecular complexity index is 595. The number of amides is 3. The Morgan fingerprint density at radius 1 is 1.45 bits per heavy atom. The van der Waals surface area contributed by atoms with Gasteiger partial charge in [-0.3, -0.25) is 14.6 Å². The number of aliphatic hydroxyl groups is 1. The maximum absolute atomic E-state index is 13.4. The van der Waals surface area contributed by atoms with Crippen LogP contribution < -0.4 is 5.32 Å². The lowest BCUT2D eigenvalue weighted by molar-refractivity contribution is -0.129. The number of hydrogen-bond acceptors (Lipinski definition) is 4. The average molecular weight is 307 g/mol. The molecule has 118 valence electrons. The van der Waals surface area contributed by atoms with E-state index in [0.29, 0.717) is 26.1 Å². The summed E-state index contributed by atoms with van der Waals surface area (Å²) >= 11 is 0. The van der Waals surface area contributed by atoms with Crippen molar-refractivity contribution in [2.75, 3.05) is 26.2 Å². The van der Waals surface area contributed by atoms with E-state index in [1.54, 1.807) is 17.0 Å². The molecule has 3 rings (SSSR count). The van der Waals surface area contributed by atoms with Crippen molar-refractivity contribution in [3.05, 3.63) is 35.6 Å². The number of imide groups is 1. The third-order valence-electron chi connectivity index (χ3n) is 4.11. The van der Waals surface area contributed by atoms with Crippen molar-refractivity contribution in [3.8, 4) is 0 Å². The zero-order valence-electron chi connectivity index (χ0n) is 12.0. The number of β-amino-alcohol motifs (C(OH)–C–C–N with tert-alkyl or cyclic N) is 1. The Morgan fingerprint density at radius 2 is 2.27 bits per heavy atom. The molecule has 1 aromatic carbocycles. The van der Waals surface area contributed by atoms with Gasteiger partial charge < -0.3 is 10.4 Å². The van der Waals surface area contributed by atoms with Crippen molar-refractivity contribution in [1.82, 2.24) is 15.1 Å². The minimum absolute atomic E-state index is 0.0334. The van der Waals surface area contributed by atoms with Gasteiger partial charge in [-0.15, -0.1) is 0 Å². The van der Waals surface area contributed by atoms with E-state index in [1.807, 2.05) is 0 Å². The number of benzene rings is 1. The van der Waals surface area contributed by atoms with Gasteiger partial charge in [0.05, 0.1) is 12.6 Å². The fraction of sp³-hybridized carbons (Fsp3) is 0.467. The van der Waals surface area contributed by atoms with Crippen LogP contribution in [0.1, 0.15) is 18.0 Å². The molecule has 22 heavy (non-hydrogen) atoms. The smallest absolute Gasteiger partial charge is 0.324 e. The molecular weight excluding hydrogens is 289 g/mol. The van der Waals surface area contributed by atoms with Crippen LogP contribution in [-0.2, 0) is 4.79 Å². The zero-order chi connectivity index (χ0) is 15.7. The Labute approximate surface area is 127 Å². The van der Waals surface area contributed by atoms with Gasteiger partial charge >= 0.3 is 6.03 Å². The van der Waals surface area contributed by atoms with Crippen LogP contribution in [-0.4, -0.2) is 59.1 Å². The van der Waals surface area contributed by atoms with E-state index < -0.39 is 6.10 Å². The summed E-state index contributed by atoms with van der Waals surface area (Å²) in [5, 5.41) is 12.5. The van der Waals surface area contributed by atoms with Gasteiger partial charge in [0.15, 0.2) is 0 Å². The maximum Gasteiger partial charge on any atom is 0.324 e. The van der Waals surface area contributed by atoms with Crippen LogP contribution in [0, 0.1) is 5.82 Å². The molecule has 2 fully saturated rings. The SMILES string of the molecule is O=C(CN1C[C@@H](O)C[C@@H]1c1cccc(F)c1)N1CCNC1=O. The summed E-state index contributed by atoms with van der Waals surface area (Å²) < 4.78 is 13.4. The summed E-state index contributed by atoms with van der Waals surface area (Å²) in [6.07, 6.45) is -0.114. The van der Waals surface area contributed by atoms with Crippen molar-refractivity contribution < 1.29 is 19.1 Å². The molecule has 2 N–H and O–H groups in total. The van der Waals surface area contributed by atoms with E-state index >= 15 is 0 Å². The van der Waals surface area contributed by atoms with Gasteiger partial charge in [-0.05, 0) is 24.1 Å². The minimum atomic E-state index is -0.562. The average Bonchev–Trinajstić information content (AvgIpc) is 3.05. The van der Waals surface area contributed by atoms with E-state index in [2.05, 4.69) is 5.32 Å². The summed E-state index contributed by atoms with van der Waals surface area (Å²) in [6, 6.07) is 5.57. The summed E-state index contributed by atoms with van der Waals surface area (Å²) in [6.45, 7) is 1.19. The molecule has 3 amide bonds.